The molecule has 4 nitrogen and oxygen atoms in total. The third-order valence-electron chi connectivity index (χ3n) is 1.61. The molecule has 14 heavy (non-hydrogen) atoms. The predicted molar refractivity (Wildman–Crippen MR) is 57.1 cm³/mol. The van der Waals surface area contributed by atoms with E-state index in [4.69, 9.17) is 23.2 Å². The van der Waals surface area contributed by atoms with Crippen molar-refractivity contribution in [2.45, 2.75) is 0 Å². The summed E-state index contributed by atoms with van der Waals surface area (Å²) in [6, 6.07) is 2.78. The van der Waals surface area contributed by atoms with Crippen LogP contribution in [0.2, 0.25) is 10.2 Å². The molecule has 0 unspecified atom stereocenters. The summed E-state index contributed by atoms with van der Waals surface area (Å²) in [6.45, 7) is 0. The lowest BCUT2D eigenvalue weighted by Gasteiger charge is -2.15. The molecule has 0 saturated heterocycles. The van der Waals surface area contributed by atoms with Crippen LogP contribution in [0, 0.1) is 0 Å². The molecule has 0 saturated carbocycles. The highest BCUT2D eigenvalue weighted by molar-refractivity contribution is 6.34. The molecule has 0 fully saturated rings. The van der Waals surface area contributed by atoms with Gasteiger partial charge in [-0.3, -0.25) is 4.90 Å². The van der Waals surface area contributed by atoms with Crippen molar-refractivity contribution in [2.24, 2.45) is 0 Å². The third-order valence-corrected chi connectivity index (χ3v) is 2.02. The minimum Gasteiger partial charge on any atom is -0.341 e. The van der Waals surface area contributed by atoms with Gasteiger partial charge in [0.05, 0.1) is 0 Å². The standard InChI is InChI=1S/C8H9Cl2N3O/c1-11-8(14)13(2)7-4-5(9)3-6(10)12-7/h3-4H,1-2H3,(H,11,14). The average molecular weight is 234 g/mol. The normalized spacial score (nSPS) is 9.71. The van der Waals surface area contributed by atoms with Gasteiger partial charge >= 0.3 is 6.03 Å². The van der Waals surface area contributed by atoms with Gasteiger partial charge in [0.25, 0.3) is 0 Å². The first-order valence-corrected chi connectivity index (χ1v) is 4.58. The largest absolute Gasteiger partial charge is 0.341 e. The number of hydrogen-bond acceptors (Lipinski definition) is 2. The maximum atomic E-state index is 11.2. The number of carbonyl (C=O) groups is 1. The average Bonchev–Trinajstić information content (AvgIpc) is 2.14. The molecule has 1 aromatic rings. The summed E-state index contributed by atoms with van der Waals surface area (Å²) in [5.41, 5.74) is 0. The van der Waals surface area contributed by atoms with Gasteiger partial charge in [0, 0.05) is 19.1 Å². The van der Waals surface area contributed by atoms with E-state index in [2.05, 4.69) is 10.3 Å². The fraction of sp³-hybridized carbons (Fsp3) is 0.250. The summed E-state index contributed by atoms with van der Waals surface area (Å²) in [6.07, 6.45) is 0. The molecule has 1 aromatic heterocycles. The summed E-state index contributed by atoms with van der Waals surface area (Å²) < 4.78 is 0. The van der Waals surface area contributed by atoms with Crippen LogP contribution in [0.3, 0.4) is 0 Å². The maximum absolute atomic E-state index is 11.2. The highest BCUT2D eigenvalue weighted by Crippen LogP contribution is 2.20. The van der Waals surface area contributed by atoms with Crippen LogP contribution < -0.4 is 10.2 Å². The molecule has 2 amide bonds. The number of urea groups is 1. The number of anilines is 1. The molecule has 0 aliphatic heterocycles. The van der Waals surface area contributed by atoms with Crippen LogP contribution in [-0.2, 0) is 0 Å². The molecule has 1 rings (SSSR count). The van der Waals surface area contributed by atoms with Gasteiger partial charge in [-0.15, -0.1) is 0 Å². The number of nitrogens with zero attached hydrogens (tertiary/aromatic N) is 2. The summed E-state index contributed by atoms with van der Waals surface area (Å²) in [5, 5.41) is 3.16. The second-order valence-electron chi connectivity index (χ2n) is 2.58. The van der Waals surface area contributed by atoms with Crippen LogP contribution >= 0.6 is 23.2 Å². The zero-order valence-corrected chi connectivity index (χ0v) is 9.23. The zero-order valence-electron chi connectivity index (χ0n) is 7.71. The smallest absolute Gasteiger partial charge is 0.322 e. The van der Waals surface area contributed by atoms with Crippen molar-refractivity contribution < 1.29 is 4.79 Å². The summed E-state index contributed by atoms with van der Waals surface area (Å²) in [5.74, 6) is 0.404. The van der Waals surface area contributed by atoms with Gasteiger partial charge in [-0.05, 0) is 12.1 Å². The Morgan fingerprint density at radius 3 is 2.64 bits per heavy atom. The van der Waals surface area contributed by atoms with Gasteiger partial charge < -0.3 is 5.32 Å². The lowest BCUT2D eigenvalue weighted by Crippen LogP contribution is -2.35. The highest BCUT2D eigenvalue weighted by Gasteiger charge is 2.11. The molecule has 0 aliphatic carbocycles. The minimum absolute atomic E-state index is 0.253. The first kappa shape index (κ1) is 11.1. The maximum Gasteiger partial charge on any atom is 0.322 e. The molecule has 76 valence electrons. The van der Waals surface area contributed by atoms with Crippen molar-refractivity contribution in [1.82, 2.24) is 10.3 Å². The molecular formula is C8H9Cl2N3O. The van der Waals surface area contributed by atoms with Crippen LogP contribution in [0.1, 0.15) is 0 Å². The van der Waals surface area contributed by atoms with Crippen molar-refractivity contribution in [3.8, 4) is 0 Å². The SMILES string of the molecule is CNC(=O)N(C)c1cc(Cl)cc(Cl)n1. The fourth-order valence-electron chi connectivity index (χ4n) is 0.896. The Morgan fingerprint density at radius 2 is 2.14 bits per heavy atom. The number of amides is 2. The third kappa shape index (κ3) is 2.49. The Kier molecular flexibility index (Phi) is 3.55. The van der Waals surface area contributed by atoms with Crippen LogP contribution in [0.15, 0.2) is 12.1 Å². The van der Waals surface area contributed by atoms with E-state index in [0.29, 0.717) is 10.8 Å². The van der Waals surface area contributed by atoms with E-state index >= 15 is 0 Å². The highest BCUT2D eigenvalue weighted by atomic mass is 35.5. The molecule has 0 radical (unpaired) electrons. The summed E-state index contributed by atoms with van der Waals surface area (Å²) in [4.78, 5) is 16.5. The van der Waals surface area contributed by atoms with E-state index in [0.717, 1.165) is 0 Å². The van der Waals surface area contributed by atoms with E-state index in [-0.39, 0.29) is 11.2 Å². The van der Waals surface area contributed by atoms with Crippen molar-refractivity contribution in [1.29, 1.82) is 0 Å². The van der Waals surface area contributed by atoms with Crippen LogP contribution in [0.25, 0.3) is 0 Å². The molecule has 1 N–H and O–H groups in total. The Balaban J connectivity index is 3.00. The Bertz CT molecular complexity index is 336. The summed E-state index contributed by atoms with van der Waals surface area (Å²) >= 11 is 11.4. The number of rotatable bonds is 1. The van der Waals surface area contributed by atoms with Crippen LogP contribution in [0.5, 0.6) is 0 Å². The predicted octanol–water partition coefficient (Wildman–Crippen LogP) is 2.16. The molecule has 0 atom stereocenters. The molecule has 0 aliphatic rings. The number of nitrogens with one attached hydrogen (secondary N) is 1. The van der Waals surface area contributed by atoms with Gasteiger partial charge in [-0.2, -0.15) is 0 Å². The first-order chi connectivity index (χ1) is 6.54. The van der Waals surface area contributed by atoms with Gasteiger partial charge in [-0.25, -0.2) is 9.78 Å². The molecular weight excluding hydrogens is 225 g/mol. The Labute approximate surface area is 91.8 Å². The topological polar surface area (TPSA) is 45.2 Å². The van der Waals surface area contributed by atoms with Gasteiger partial charge in [0.1, 0.15) is 11.0 Å². The molecule has 1 heterocycles. The van der Waals surface area contributed by atoms with E-state index in [9.17, 15) is 4.79 Å². The van der Waals surface area contributed by atoms with Crippen molar-refractivity contribution in [2.75, 3.05) is 19.0 Å². The number of aromatic nitrogens is 1. The van der Waals surface area contributed by atoms with Crippen molar-refractivity contribution >= 4 is 35.1 Å². The van der Waals surface area contributed by atoms with Crippen LogP contribution in [0.4, 0.5) is 10.6 Å². The van der Waals surface area contributed by atoms with Gasteiger partial charge in [0.15, 0.2) is 0 Å². The lowest BCUT2D eigenvalue weighted by atomic mass is 10.4. The second-order valence-corrected chi connectivity index (χ2v) is 3.40. The monoisotopic (exact) mass is 233 g/mol. The second kappa shape index (κ2) is 4.48. The Morgan fingerprint density at radius 1 is 1.50 bits per heavy atom. The van der Waals surface area contributed by atoms with Crippen molar-refractivity contribution in [3.05, 3.63) is 22.3 Å². The number of carbonyl (C=O) groups excluding carboxylic acids is 1. The number of pyridine rings is 1. The van der Waals surface area contributed by atoms with E-state index < -0.39 is 0 Å². The van der Waals surface area contributed by atoms with Gasteiger partial charge in [-0.1, -0.05) is 23.2 Å². The summed E-state index contributed by atoms with van der Waals surface area (Å²) in [7, 11) is 3.11. The quantitative estimate of drug-likeness (QED) is 0.756. The molecule has 0 bridgehead atoms. The van der Waals surface area contributed by atoms with Gasteiger partial charge in [0.2, 0.25) is 0 Å². The van der Waals surface area contributed by atoms with E-state index in [1.165, 1.54) is 18.0 Å². The van der Waals surface area contributed by atoms with E-state index in [1.54, 1.807) is 13.1 Å². The van der Waals surface area contributed by atoms with Crippen molar-refractivity contribution in [3.63, 3.8) is 0 Å². The molecule has 0 aromatic carbocycles. The number of halogens is 2. The molecule has 0 spiro atoms. The zero-order chi connectivity index (χ0) is 10.7. The number of hydrogen-bond donors (Lipinski definition) is 1. The fourth-order valence-corrected chi connectivity index (χ4v) is 1.36. The first-order valence-electron chi connectivity index (χ1n) is 3.83. The van der Waals surface area contributed by atoms with Crippen LogP contribution in [-0.4, -0.2) is 25.1 Å². The van der Waals surface area contributed by atoms with E-state index in [1.807, 2.05) is 0 Å². The lowest BCUT2D eigenvalue weighted by molar-refractivity contribution is 0.249. The minimum atomic E-state index is -0.282. The molecule has 6 heteroatoms. The Hall–Kier alpha value is -1.00.